The van der Waals surface area contributed by atoms with Crippen LogP contribution in [0.15, 0.2) is 60.3 Å². The van der Waals surface area contributed by atoms with E-state index in [1.54, 1.807) is 24.3 Å². The highest BCUT2D eigenvalue weighted by molar-refractivity contribution is 9.10. The van der Waals surface area contributed by atoms with Crippen molar-refractivity contribution < 1.29 is 20.1 Å². The summed E-state index contributed by atoms with van der Waals surface area (Å²) in [6.07, 6.45) is 3.41. The molecule has 10 heteroatoms. The Morgan fingerprint density at radius 1 is 1.03 bits per heavy atom. The van der Waals surface area contributed by atoms with Crippen molar-refractivity contribution in [3.05, 3.63) is 56.5 Å². The van der Waals surface area contributed by atoms with Gasteiger partial charge in [-0.05, 0) is 49.2 Å². The molecule has 2 rings (SSSR count). The Bertz CT molecular complexity index is 993. The number of hydrogen-bond donors (Lipinski definition) is 4. The number of phenolic OH excluding ortho intramolecular Hbond substituents is 2. The number of hydrogen-bond acceptors (Lipinski definition) is 5. The molecule has 1 atom stereocenters. The molecule has 0 heterocycles. The minimum Gasteiger partial charge on any atom is -0.507 e. The normalized spacial score (nSPS) is 13.2. The van der Waals surface area contributed by atoms with Crippen LogP contribution in [0.3, 0.4) is 0 Å². The second-order valence-corrected chi connectivity index (χ2v) is 8.01. The second-order valence-electron chi connectivity index (χ2n) is 6.18. The summed E-state index contributed by atoms with van der Waals surface area (Å²) in [7, 11) is 0. The number of benzene rings is 2. The van der Waals surface area contributed by atoms with Gasteiger partial charge in [0.2, 0.25) is 5.96 Å². The van der Waals surface area contributed by atoms with Crippen LogP contribution in [-0.4, -0.2) is 52.3 Å². The summed E-state index contributed by atoms with van der Waals surface area (Å²) in [4.78, 5) is 23.5. The van der Waals surface area contributed by atoms with E-state index >= 15 is 0 Å². The first-order valence-corrected chi connectivity index (χ1v) is 10.4. The highest BCUT2D eigenvalue weighted by Gasteiger charge is 2.15. The lowest BCUT2D eigenvalue weighted by Crippen LogP contribution is -2.18. The van der Waals surface area contributed by atoms with Crippen molar-refractivity contribution in [2.45, 2.75) is 18.9 Å². The molecule has 158 valence electrons. The zero-order chi connectivity index (χ0) is 22.1. The van der Waals surface area contributed by atoms with Crippen molar-refractivity contribution in [2.75, 3.05) is 6.54 Å². The van der Waals surface area contributed by atoms with Gasteiger partial charge in [-0.2, -0.15) is 0 Å². The summed E-state index contributed by atoms with van der Waals surface area (Å²) in [6.45, 7) is 0.273. The molecule has 30 heavy (non-hydrogen) atoms. The monoisotopic (exact) mass is 538 g/mol. The molecule has 0 aliphatic carbocycles. The average molecular weight is 540 g/mol. The molecule has 8 nitrogen and oxygen atoms in total. The van der Waals surface area contributed by atoms with Crippen molar-refractivity contribution >= 4 is 56.2 Å². The van der Waals surface area contributed by atoms with Crippen LogP contribution in [0.1, 0.15) is 24.0 Å². The Balaban J connectivity index is 1.91. The van der Waals surface area contributed by atoms with E-state index in [2.05, 4.69) is 46.8 Å². The third-order valence-corrected chi connectivity index (χ3v) is 4.89. The summed E-state index contributed by atoms with van der Waals surface area (Å²) >= 11 is 6.59. The topological polar surface area (TPSA) is 141 Å². The molecule has 0 aliphatic rings. The van der Waals surface area contributed by atoms with Crippen molar-refractivity contribution in [3.63, 3.8) is 0 Å². The molecule has 0 fully saturated rings. The summed E-state index contributed by atoms with van der Waals surface area (Å²) in [6, 6.07) is 8.75. The summed E-state index contributed by atoms with van der Waals surface area (Å²) in [5, 5.41) is 28.9. The molecular formula is C20H20Br2N4O4. The van der Waals surface area contributed by atoms with Crippen LogP contribution in [0.25, 0.3) is 0 Å². The Labute approximate surface area is 190 Å². The lowest BCUT2D eigenvalue weighted by atomic mass is 10.1. The smallest absolute Gasteiger partial charge is 0.328 e. The molecule has 0 saturated heterocycles. The summed E-state index contributed by atoms with van der Waals surface area (Å²) in [5.74, 6) is -0.976. The summed E-state index contributed by atoms with van der Waals surface area (Å²) in [5.41, 5.74) is 6.64. The number of aromatic hydroxyl groups is 2. The Hall–Kier alpha value is -2.72. The number of carboxylic acid groups (broad SMARTS) is 1. The third kappa shape index (κ3) is 7.60. The van der Waals surface area contributed by atoms with E-state index in [4.69, 9.17) is 5.73 Å². The maximum atomic E-state index is 11.4. The van der Waals surface area contributed by atoms with Crippen molar-refractivity contribution in [1.82, 2.24) is 0 Å². The Morgan fingerprint density at radius 3 is 2.17 bits per heavy atom. The molecule has 0 aliphatic heterocycles. The number of rotatable bonds is 8. The molecule has 2 aromatic carbocycles. The van der Waals surface area contributed by atoms with Gasteiger partial charge in [0, 0.05) is 39.0 Å². The molecule has 0 aromatic heterocycles. The van der Waals surface area contributed by atoms with Crippen LogP contribution in [0.2, 0.25) is 0 Å². The van der Waals surface area contributed by atoms with Crippen LogP contribution in [0.4, 0.5) is 0 Å². The molecule has 0 unspecified atom stereocenters. The molecule has 0 amide bonds. The Morgan fingerprint density at radius 2 is 1.60 bits per heavy atom. The predicted octanol–water partition coefficient (Wildman–Crippen LogP) is 3.71. The number of aliphatic carboxylic acids is 1. The van der Waals surface area contributed by atoms with Gasteiger partial charge in [-0.3, -0.25) is 9.98 Å². The number of aliphatic imine (C=N–C) groups is 3. The summed E-state index contributed by atoms with van der Waals surface area (Å²) < 4.78 is 1.53. The highest BCUT2D eigenvalue weighted by atomic mass is 79.9. The van der Waals surface area contributed by atoms with E-state index in [1.165, 1.54) is 24.6 Å². The van der Waals surface area contributed by atoms with E-state index in [-0.39, 0.29) is 30.4 Å². The van der Waals surface area contributed by atoms with Gasteiger partial charge < -0.3 is 21.1 Å². The first-order valence-electron chi connectivity index (χ1n) is 8.83. The zero-order valence-corrected chi connectivity index (χ0v) is 18.9. The SMILES string of the molecule is NC(N=Cc1cc(Br)ccc1O)=NCCC[C@@H](N=Cc1cc(Br)ccc1O)C(=O)O. The minimum absolute atomic E-state index is 0.0119. The lowest BCUT2D eigenvalue weighted by molar-refractivity contribution is -0.138. The van der Waals surface area contributed by atoms with Crippen LogP contribution < -0.4 is 5.73 Å². The minimum atomic E-state index is -1.07. The van der Waals surface area contributed by atoms with Crippen molar-refractivity contribution in [1.29, 1.82) is 0 Å². The first kappa shape index (κ1) is 23.6. The van der Waals surface area contributed by atoms with Crippen molar-refractivity contribution in [2.24, 2.45) is 20.7 Å². The largest absolute Gasteiger partial charge is 0.507 e. The van der Waals surface area contributed by atoms with E-state index in [1.807, 2.05) is 0 Å². The van der Waals surface area contributed by atoms with Crippen LogP contribution in [-0.2, 0) is 4.79 Å². The number of carbonyl (C=O) groups is 1. The van der Waals surface area contributed by atoms with Crippen molar-refractivity contribution in [3.8, 4) is 11.5 Å². The molecule has 5 N–H and O–H groups in total. The van der Waals surface area contributed by atoms with Gasteiger partial charge in [-0.25, -0.2) is 9.79 Å². The van der Waals surface area contributed by atoms with Gasteiger partial charge in [0.15, 0.2) is 0 Å². The quantitative estimate of drug-likeness (QED) is 0.230. The number of nitrogens with two attached hydrogens (primary N) is 1. The maximum absolute atomic E-state index is 11.4. The fraction of sp³-hybridized carbons (Fsp3) is 0.200. The zero-order valence-electron chi connectivity index (χ0n) is 15.7. The van der Waals surface area contributed by atoms with Gasteiger partial charge in [-0.1, -0.05) is 31.9 Å². The van der Waals surface area contributed by atoms with E-state index in [9.17, 15) is 20.1 Å². The van der Waals surface area contributed by atoms with E-state index in [0.717, 1.165) is 8.95 Å². The third-order valence-electron chi connectivity index (χ3n) is 3.90. The Kier molecular flexibility index (Phi) is 9.00. The second kappa shape index (κ2) is 11.5. The lowest BCUT2D eigenvalue weighted by Gasteiger charge is -2.07. The van der Waals surface area contributed by atoms with Gasteiger partial charge >= 0.3 is 5.97 Å². The number of phenols is 2. The molecular weight excluding hydrogens is 520 g/mol. The predicted molar refractivity (Wildman–Crippen MR) is 124 cm³/mol. The molecule has 0 saturated carbocycles. The molecule has 0 bridgehead atoms. The fourth-order valence-corrected chi connectivity index (χ4v) is 3.10. The average Bonchev–Trinajstić information content (AvgIpc) is 2.70. The maximum Gasteiger partial charge on any atom is 0.328 e. The van der Waals surface area contributed by atoms with Gasteiger partial charge in [-0.15, -0.1) is 0 Å². The standard InChI is InChI=1S/C20H20Br2N4O4/c21-14-3-5-17(27)12(8-14)10-25-16(19(29)30)2-1-7-24-20(23)26-11-13-9-15(22)4-6-18(13)28/h3-6,8-11,16,27-28H,1-2,7H2,(H2,23,24)(H,29,30)/t16-/m1/s1. The van der Waals surface area contributed by atoms with E-state index < -0.39 is 12.0 Å². The molecule has 0 radical (unpaired) electrons. The van der Waals surface area contributed by atoms with Gasteiger partial charge in [0.25, 0.3) is 0 Å². The first-order chi connectivity index (χ1) is 14.3. The van der Waals surface area contributed by atoms with Gasteiger partial charge in [0.1, 0.15) is 17.5 Å². The van der Waals surface area contributed by atoms with Gasteiger partial charge in [0.05, 0.1) is 0 Å². The molecule has 2 aromatic rings. The number of nitrogens with zero attached hydrogens (tertiary/aromatic N) is 3. The number of halogens is 2. The molecule has 0 spiro atoms. The van der Waals surface area contributed by atoms with Crippen LogP contribution >= 0.6 is 31.9 Å². The number of carboxylic acids is 1. The van der Waals surface area contributed by atoms with Crippen LogP contribution in [0.5, 0.6) is 11.5 Å². The van der Waals surface area contributed by atoms with E-state index in [0.29, 0.717) is 17.5 Å². The highest BCUT2D eigenvalue weighted by Crippen LogP contribution is 2.21. The number of guanidine groups is 1. The fourth-order valence-electron chi connectivity index (χ4n) is 2.34. The van der Waals surface area contributed by atoms with Crippen LogP contribution in [0, 0.1) is 0 Å².